The Balaban J connectivity index is 1.58. The molecule has 142 valence electrons. The van der Waals surface area contributed by atoms with E-state index in [0.29, 0.717) is 23.0 Å². The van der Waals surface area contributed by atoms with Crippen molar-refractivity contribution in [3.8, 4) is 0 Å². The smallest absolute Gasteiger partial charge is 0.253 e. The van der Waals surface area contributed by atoms with E-state index in [2.05, 4.69) is 10.3 Å². The van der Waals surface area contributed by atoms with E-state index >= 15 is 0 Å². The van der Waals surface area contributed by atoms with Gasteiger partial charge in [0.15, 0.2) is 0 Å². The summed E-state index contributed by atoms with van der Waals surface area (Å²) in [4.78, 5) is 17.1. The summed E-state index contributed by atoms with van der Waals surface area (Å²) in [7, 11) is -3.75. The van der Waals surface area contributed by atoms with E-state index in [-0.39, 0.29) is 10.1 Å². The van der Waals surface area contributed by atoms with Crippen LogP contribution in [0.4, 0.5) is 5.69 Å². The molecular weight excluding hydrogens is 426 g/mol. The highest BCUT2D eigenvalue weighted by atomic mass is 35.5. The number of sulfonamides is 1. The molecule has 1 aliphatic heterocycles. The van der Waals surface area contributed by atoms with Crippen LogP contribution in [0, 0.1) is 0 Å². The molecule has 1 saturated heterocycles. The van der Waals surface area contributed by atoms with Crippen molar-refractivity contribution in [1.82, 2.24) is 9.29 Å². The van der Waals surface area contributed by atoms with E-state index in [1.807, 2.05) is 12.1 Å². The van der Waals surface area contributed by atoms with Crippen molar-refractivity contribution in [2.75, 3.05) is 11.9 Å². The Morgan fingerprint density at radius 2 is 2.11 bits per heavy atom. The number of hydrogen-bond acceptors (Lipinski definition) is 6. The maximum absolute atomic E-state index is 13.0. The van der Waals surface area contributed by atoms with Crippen molar-refractivity contribution in [2.45, 2.75) is 29.5 Å². The van der Waals surface area contributed by atoms with Crippen LogP contribution in [0.25, 0.3) is 10.2 Å². The Hall–Kier alpha value is -1.52. The molecule has 1 aromatic carbocycles. The minimum absolute atomic E-state index is 0.165. The maximum Gasteiger partial charge on any atom is 0.253 e. The minimum atomic E-state index is -3.75. The lowest BCUT2D eigenvalue weighted by Crippen LogP contribution is -2.49. The van der Waals surface area contributed by atoms with Crippen molar-refractivity contribution in [3.63, 3.8) is 0 Å². The number of carbonyl (C=O) groups is 1. The minimum Gasteiger partial charge on any atom is -0.325 e. The van der Waals surface area contributed by atoms with Gasteiger partial charge in [-0.15, -0.1) is 22.7 Å². The highest BCUT2D eigenvalue weighted by molar-refractivity contribution is 7.91. The SMILES string of the molecule is O=C(Nc1ccc2ncsc2c1)[C@H]1CCCCN1S(=O)(=O)c1ccc(Cl)s1. The van der Waals surface area contributed by atoms with Gasteiger partial charge in [0.1, 0.15) is 10.3 Å². The monoisotopic (exact) mass is 441 g/mol. The number of hydrogen-bond donors (Lipinski definition) is 1. The first-order chi connectivity index (χ1) is 12.9. The molecule has 0 radical (unpaired) electrons. The first-order valence-corrected chi connectivity index (χ1v) is 11.9. The van der Waals surface area contributed by atoms with Crippen LogP contribution in [0.1, 0.15) is 19.3 Å². The summed E-state index contributed by atoms with van der Waals surface area (Å²) in [6.45, 7) is 0.323. The van der Waals surface area contributed by atoms with Crippen LogP contribution in [0.15, 0.2) is 40.1 Å². The van der Waals surface area contributed by atoms with E-state index in [1.165, 1.54) is 21.7 Å². The van der Waals surface area contributed by atoms with Gasteiger partial charge in [0.2, 0.25) is 5.91 Å². The number of benzene rings is 1. The first-order valence-electron chi connectivity index (χ1n) is 8.36. The number of aromatic nitrogens is 1. The van der Waals surface area contributed by atoms with Gasteiger partial charge in [-0.2, -0.15) is 4.31 Å². The van der Waals surface area contributed by atoms with Crippen LogP contribution in [0.3, 0.4) is 0 Å². The Morgan fingerprint density at radius 3 is 2.89 bits per heavy atom. The fourth-order valence-corrected chi connectivity index (χ4v) is 7.15. The third kappa shape index (κ3) is 3.74. The molecule has 6 nitrogen and oxygen atoms in total. The number of thiophene rings is 1. The number of nitrogens with zero attached hydrogens (tertiary/aromatic N) is 2. The summed E-state index contributed by atoms with van der Waals surface area (Å²) in [5.74, 6) is -0.315. The molecule has 27 heavy (non-hydrogen) atoms. The van der Waals surface area contributed by atoms with E-state index in [9.17, 15) is 13.2 Å². The van der Waals surface area contributed by atoms with E-state index in [0.717, 1.165) is 34.4 Å². The Morgan fingerprint density at radius 1 is 1.26 bits per heavy atom. The molecule has 0 saturated carbocycles. The number of nitrogens with one attached hydrogen (secondary N) is 1. The summed E-state index contributed by atoms with van der Waals surface area (Å²) >= 11 is 8.40. The molecule has 3 heterocycles. The quantitative estimate of drug-likeness (QED) is 0.658. The molecule has 3 aromatic rings. The lowest BCUT2D eigenvalue weighted by molar-refractivity contribution is -0.120. The highest BCUT2D eigenvalue weighted by Gasteiger charge is 2.38. The molecule has 1 amide bonds. The summed E-state index contributed by atoms with van der Waals surface area (Å²) in [5.41, 5.74) is 3.26. The van der Waals surface area contributed by atoms with Gasteiger partial charge in [0, 0.05) is 12.2 Å². The van der Waals surface area contributed by atoms with Gasteiger partial charge in [0.25, 0.3) is 10.0 Å². The number of halogens is 1. The molecule has 1 N–H and O–H groups in total. The number of anilines is 1. The molecule has 0 aliphatic carbocycles. The Labute approximate surface area is 169 Å². The Kier molecular flexibility index (Phi) is 5.21. The fourth-order valence-electron chi connectivity index (χ4n) is 3.17. The lowest BCUT2D eigenvalue weighted by Gasteiger charge is -2.33. The van der Waals surface area contributed by atoms with Gasteiger partial charge < -0.3 is 5.32 Å². The molecule has 0 bridgehead atoms. The average molecular weight is 442 g/mol. The second kappa shape index (κ2) is 7.48. The molecule has 0 unspecified atom stereocenters. The van der Waals surface area contributed by atoms with Gasteiger partial charge in [0.05, 0.1) is 20.1 Å². The zero-order valence-electron chi connectivity index (χ0n) is 14.1. The molecule has 10 heteroatoms. The molecular formula is C17H16ClN3O3S3. The van der Waals surface area contributed by atoms with Crippen LogP contribution < -0.4 is 5.32 Å². The number of amides is 1. The van der Waals surface area contributed by atoms with E-state index in [4.69, 9.17) is 11.6 Å². The topological polar surface area (TPSA) is 79.4 Å². The third-order valence-corrected chi connectivity index (χ3v) is 8.87. The number of thiazole rings is 1. The van der Waals surface area contributed by atoms with Crippen molar-refractivity contribution in [2.24, 2.45) is 0 Å². The van der Waals surface area contributed by atoms with Crippen LogP contribution in [0.2, 0.25) is 4.34 Å². The van der Waals surface area contributed by atoms with Gasteiger partial charge in [-0.25, -0.2) is 13.4 Å². The standard InChI is InChI=1S/C17H16ClN3O3S3/c18-15-6-7-16(26-15)27(23,24)21-8-2-1-3-13(21)17(22)20-11-4-5-12-14(9-11)25-10-19-12/h4-7,9-10,13H,1-3,8H2,(H,20,22)/t13-/m1/s1. The average Bonchev–Trinajstić information content (AvgIpc) is 3.30. The summed E-state index contributed by atoms with van der Waals surface area (Å²) in [6.07, 6.45) is 2.03. The molecule has 1 atom stereocenters. The molecule has 0 spiro atoms. The number of fused-ring (bicyclic) bond motifs is 1. The highest BCUT2D eigenvalue weighted by Crippen LogP contribution is 2.32. The van der Waals surface area contributed by atoms with Crippen molar-refractivity contribution in [3.05, 3.63) is 40.2 Å². The lowest BCUT2D eigenvalue weighted by atomic mass is 10.0. The van der Waals surface area contributed by atoms with Gasteiger partial charge >= 0.3 is 0 Å². The van der Waals surface area contributed by atoms with Crippen LogP contribution in [-0.4, -0.2) is 36.2 Å². The molecule has 2 aromatic heterocycles. The number of carbonyl (C=O) groups excluding carboxylic acids is 1. The summed E-state index contributed by atoms with van der Waals surface area (Å²) in [5, 5.41) is 2.86. The van der Waals surface area contributed by atoms with E-state index < -0.39 is 16.1 Å². The first kappa shape index (κ1) is 18.8. The number of rotatable bonds is 4. The Bertz CT molecular complexity index is 1090. The van der Waals surface area contributed by atoms with E-state index in [1.54, 1.807) is 17.6 Å². The fraction of sp³-hybridized carbons (Fsp3) is 0.294. The molecule has 4 rings (SSSR count). The van der Waals surface area contributed by atoms with Crippen molar-refractivity contribution < 1.29 is 13.2 Å². The number of piperidine rings is 1. The van der Waals surface area contributed by atoms with Crippen molar-refractivity contribution >= 4 is 66.1 Å². The zero-order valence-corrected chi connectivity index (χ0v) is 17.3. The van der Waals surface area contributed by atoms with Gasteiger partial charge in [-0.3, -0.25) is 4.79 Å². The largest absolute Gasteiger partial charge is 0.325 e. The third-order valence-electron chi connectivity index (χ3n) is 4.47. The van der Waals surface area contributed by atoms with Crippen molar-refractivity contribution in [1.29, 1.82) is 0 Å². The normalized spacial score (nSPS) is 18.6. The summed E-state index contributed by atoms with van der Waals surface area (Å²) in [6, 6.07) is 7.78. The zero-order chi connectivity index (χ0) is 19.0. The van der Waals surface area contributed by atoms with Gasteiger partial charge in [-0.1, -0.05) is 18.0 Å². The molecule has 1 fully saturated rings. The maximum atomic E-state index is 13.0. The second-order valence-electron chi connectivity index (χ2n) is 6.21. The van der Waals surface area contributed by atoms with Gasteiger partial charge in [-0.05, 0) is 43.2 Å². The van der Waals surface area contributed by atoms with Crippen LogP contribution >= 0.6 is 34.3 Å². The second-order valence-corrected chi connectivity index (χ2v) is 10.9. The van der Waals surface area contributed by atoms with Crippen LogP contribution in [-0.2, 0) is 14.8 Å². The van der Waals surface area contributed by atoms with Crippen LogP contribution in [0.5, 0.6) is 0 Å². The molecule has 1 aliphatic rings. The summed E-state index contributed by atoms with van der Waals surface area (Å²) < 4.78 is 28.8. The predicted octanol–water partition coefficient (Wildman–Crippen LogP) is 4.19. The predicted molar refractivity (Wildman–Crippen MR) is 109 cm³/mol.